The van der Waals surface area contributed by atoms with Crippen molar-refractivity contribution in [2.45, 2.75) is 90.8 Å². The zero-order valence-electron chi connectivity index (χ0n) is 30.0. The van der Waals surface area contributed by atoms with E-state index in [1.807, 2.05) is 0 Å². The van der Waals surface area contributed by atoms with Crippen LogP contribution in [0, 0.1) is 11.7 Å². The third-order valence-corrected chi connectivity index (χ3v) is 8.16. The molecule has 2 heterocycles. The lowest BCUT2D eigenvalue weighted by Crippen LogP contribution is -2.49. The molecule has 0 aromatic heterocycles. The van der Waals surface area contributed by atoms with Crippen LogP contribution in [-0.2, 0) is 36.8 Å². The van der Waals surface area contributed by atoms with Crippen molar-refractivity contribution in [3.05, 3.63) is 53.3 Å². The van der Waals surface area contributed by atoms with E-state index in [9.17, 15) is 37.5 Å². The lowest BCUT2D eigenvalue weighted by molar-refractivity contribution is -0.171. The number of carboxylic acid groups (broad SMARTS) is 1. The molecule has 12 nitrogen and oxygen atoms in total. The molecular formula is C36H45F4N3O9. The van der Waals surface area contributed by atoms with Crippen LogP contribution in [0.15, 0.2) is 36.4 Å². The molecule has 4 rings (SSSR count). The minimum atomic E-state index is -5.56. The molecule has 1 N–H and O–H groups in total. The number of halogens is 4. The van der Waals surface area contributed by atoms with Crippen molar-refractivity contribution in [3.8, 4) is 5.75 Å². The Hall–Kier alpha value is -4.60. The summed E-state index contributed by atoms with van der Waals surface area (Å²) in [6, 6.07) is 8.22. The van der Waals surface area contributed by atoms with Crippen LogP contribution in [0.4, 0.5) is 38.5 Å². The van der Waals surface area contributed by atoms with E-state index >= 15 is 4.39 Å². The third-order valence-electron chi connectivity index (χ3n) is 8.16. The topological polar surface area (TPSA) is 135 Å². The van der Waals surface area contributed by atoms with Crippen LogP contribution in [0.5, 0.6) is 5.75 Å². The van der Waals surface area contributed by atoms with E-state index < -0.39 is 77.7 Å². The van der Waals surface area contributed by atoms with Crippen molar-refractivity contribution in [3.63, 3.8) is 0 Å². The molecule has 1 atom stereocenters. The van der Waals surface area contributed by atoms with Gasteiger partial charge in [-0.2, -0.15) is 13.2 Å². The first kappa shape index (κ1) is 40.2. The molecule has 3 amide bonds. The summed E-state index contributed by atoms with van der Waals surface area (Å²) in [7, 11) is 0. The van der Waals surface area contributed by atoms with Gasteiger partial charge in [-0.3, -0.25) is 19.4 Å². The van der Waals surface area contributed by atoms with Gasteiger partial charge in [-0.05, 0) is 65.9 Å². The minimum Gasteiger partial charge on any atom is -0.487 e. The molecular weight excluding hydrogens is 694 g/mol. The molecule has 52 heavy (non-hydrogen) atoms. The third kappa shape index (κ3) is 10.5. The van der Waals surface area contributed by atoms with E-state index in [4.69, 9.17) is 18.9 Å². The predicted octanol–water partition coefficient (Wildman–Crippen LogP) is 6.71. The summed E-state index contributed by atoms with van der Waals surface area (Å²) in [5.41, 5.74) is -3.16. The van der Waals surface area contributed by atoms with E-state index in [-0.39, 0.29) is 41.8 Å². The highest BCUT2D eigenvalue weighted by Crippen LogP contribution is 2.45. The van der Waals surface area contributed by atoms with Gasteiger partial charge in [-0.1, -0.05) is 30.3 Å². The normalized spacial score (nSPS) is 16.6. The Bertz CT molecular complexity index is 1620. The number of alkyl halides is 3. The highest BCUT2D eigenvalue weighted by atomic mass is 19.4. The number of hydrogen-bond acceptors (Lipinski definition) is 8. The zero-order valence-corrected chi connectivity index (χ0v) is 30.0. The van der Waals surface area contributed by atoms with Crippen LogP contribution in [0.2, 0.25) is 0 Å². The zero-order chi connectivity index (χ0) is 38.6. The standard InChI is InChI=1S/C36H45F4N3O9/c1-34(2,3)51-28(44)20-42(31(45)36(38,39)40)30-27(50-21-23-10-8-7-9-11-23)17-26-25(29(30)37)16-24(43(26)32(46)47)19-41(33(48)52-35(4,5)6)18-22-12-14-49-15-13-22/h7-11,17,22,24H,12-16,18-21H2,1-6H3,(H,46,47)/t24-/m1/s1. The number of esters is 1. The van der Waals surface area contributed by atoms with E-state index in [0.29, 0.717) is 31.6 Å². The first-order valence-electron chi connectivity index (χ1n) is 16.8. The molecule has 0 aliphatic carbocycles. The summed E-state index contributed by atoms with van der Waals surface area (Å²) in [6.45, 7) is 8.63. The number of ether oxygens (including phenoxy) is 4. The maximum atomic E-state index is 16.9. The molecule has 0 saturated carbocycles. The van der Waals surface area contributed by atoms with Crippen LogP contribution in [0.1, 0.15) is 65.5 Å². The second-order valence-corrected chi connectivity index (χ2v) is 14.7. The molecule has 0 spiro atoms. The average molecular weight is 740 g/mol. The van der Waals surface area contributed by atoms with Crippen molar-refractivity contribution in [2.75, 3.05) is 42.6 Å². The first-order valence-corrected chi connectivity index (χ1v) is 16.8. The summed E-state index contributed by atoms with van der Waals surface area (Å²) >= 11 is 0. The van der Waals surface area contributed by atoms with Gasteiger partial charge in [0.1, 0.15) is 35.8 Å². The Balaban J connectivity index is 1.82. The van der Waals surface area contributed by atoms with Gasteiger partial charge in [0, 0.05) is 44.4 Å². The van der Waals surface area contributed by atoms with E-state index in [0.717, 1.165) is 11.0 Å². The van der Waals surface area contributed by atoms with Crippen LogP contribution >= 0.6 is 0 Å². The second kappa shape index (κ2) is 16.0. The molecule has 2 aromatic rings. The molecule has 0 bridgehead atoms. The number of rotatable bonds is 10. The van der Waals surface area contributed by atoms with Gasteiger partial charge in [-0.25, -0.2) is 14.0 Å². The van der Waals surface area contributed by atoms with Gasteiger partial charge >= 0.3 is 30.2 Å². The Morgan fingerprint density at radius 2 is 1.56 bits per heavy atom. The van der Waals surface area contributed by atoms with Crippen molar-refractivity contribution in [2.24, 2.45) is 5.92 Å². The van der Waals surface area contributed by atoms with Gasteiger partial charge in [-0.15, -0.1) is 0 Å². The molecule has 16 heteroatoms. The average Bonchev–Trinajstić information content (AvgIpc) is 3.39. The minimum absolute atomic E-state index is 0.000513. The van der Waals surface area contributed by atoms with Gasteiger partial charge in [0.25, 0.3) is 0 Å². The fourth-order valence-electron chi connectivity index (χ4n) is 6.03. The van der Waals surface area contributed by atoms with Crippen molar-refractivity contribution in [1.29, 1.82) is 0 Å². The molecule has 286 valence electrons. The number of fused-ring (bicyclic) bond motifs is 1. The number of nitrogens with zero attached hydrogens (tertiary/aromatic N) is 3. The lowest BCUT2D eigenvalue weighted by atomic mass is 9.99. The van der Waals surface area contributed by atoms with Gasteiger partial charge < -0.3 is 29.0 Å². The SMILES string of the molecule is CC(C)(C)OC(=O)CN(C(=O)C(F)(F)F)c1c(OCc2ccccc2)cc2c(c1F)C[C@H](CN(CC1CCOCC1)C(=O)OC(C)(C)C)N2C(=O)O. The van der Waals surface area contributed by atoms with Gasteiger partial charge in [0.15, 0.2) is 5.82 Å². The molecule has 1 fully saturated rings. The van der Waals surface area contributed by atoms with Gasteiger partial charge in [0.05, 0.1) is 11.7 Å². The largest absolute Gasteiger partial charge is 0.487 e. The Kier molecular flexibility index (Phi) is 12.3. The summed E-state index contributed by atoms with van der Waals surface area (Å²) in [5, 5.41) is 10.4. The Morgan fingerprint density at radius 3 is 2.12 bits per heavy atom. The van der Waals surface area contributed by atoms with Crippen LogP contribution < -0.4 is 14.5 Å². The number of carbonyl (C=O) groups is 4. The molecule has 0 radical (unpaired) electrons. The number of benzene rings is 2. The van der Waals surface area contributed by atoms with E-state index in [2.05, 4.69) is 0 Å². The summed E-state index contributed by atoms with van der Waals surface area (Å²) in [6.07, 6.45) is -6.95. The van der Waals surface area contributed by atoms with Crippen LogP contribution in [-0.4, -0.2) is 90.3 Å². The summed E-state index contributed by atoms with van der Waals surface area (Å²) in [4.78, 5) is 54.1. The second-order valence-electron chi connectivity index (χ2n) is 14.7. The number of amides is 3. The first-order chi connectivity index (χ1) is 24.1. The fourth-order valence-corrected chi connectivity index (χ4v) is 6.03. The molecule has 2 aromatic carbocycles. The van der Waals surface area contributed by atoms with E-state index in [1.54, 1.807) is 51.1 Å². The maximum absolute atomic E-state index is 16.9. The maximum Gasteiger partial charge on any atom is 0.471 e. The van der Waals surface area contributed by atoms with Crippen molar-refractivity contribution < 1.29 is 60.8 Å². The fraction of sp³-hybridized carbons (Fsp3) is 0.556. The van der Waals surface area contributed by atoms with Gasteiger partial charge in [0.2, 0.25) is 0 Å². The Morgan fingerprint density at radius 1 is 0.942 bits per heavy atom. The van der Waals surface area contributed by atoms with Crippen molar-refractivity contribution in [1.82, 2.24) is 4.90 Å². The molecule has 1 saturated heterocycles. The van der Waals surface area contributed by atoms with Crippen LogP contribution in [0.25, 0.3) is 0 Å². The predicted molar refractivity (Wildman–Crippen MR) is 181 cm³/mol. The highest BCUT2D eigenvalue weighted by molar-refractivity contribution is 6.03. The Labute approximate surface area is 299 Å². The highest BCUT2D eigenvalue weighted by Gasteiger charge is 2.48. The monoisotopic (exact) mass is 739 g/mol. The summed E-state index contributed by atoms with van der Waals surface area (Å²) in [5.74, 6) is -5.85. The summed E-state index contributed by atoms with van der Waals surface area (Å²) < 4.78 is 81.2. The number of anilines is 2. The quantitative estimate of drug-likeness (QED) is 0.208. The van der Waals surface area contributed by atoms with E-state index in [1.165, 1.54) is 25.7 Å². The van der Waals surface area contributed by atoms with Crippen molar-refractivity contribution >= 4 is 35.4 Å². The lowest BCUT2D eigenvalue weighted by Gasteiger charge is -2.34. The molecule has 2 aliphatic rings. The molecule has 0 unspecified atom stereocenters. The van der Waals surface area contributed by atoms with Crippen LogP contribution in [0.3, 0.4) is 0 Å². The number of carbonyl (C=O) groups excluding carboxylic acids is 3. The number of hydrogen-bond donors (Lipinski definition) is 1. The smallest absolute Gasteiger partial charge is 0.471 e. The molecule has 2 aliphatic heterocycles.